The van der Waals surface area contributed by atoms with Crippen LogP contribution in [0.2, 0.25) is 0 Å². The largest absolute Gasteiger partial charge is 0.480 e. The molecule has 1 fully saturated rings. The zero-order chi connectivity index (χ0) is 19.6. The fourth-order valence-corrected chi connectivity index (χ4v) is 4.06. The SMILES string of the molecule is C=CCSc1ccccc1NC(=O)CN1CCCC(N(C)CC(=O)O)CC1.Cl. The summed E-state index contributed by atoms with van der Waals surface area (Å²) in [5.41, 5.74) is 0.836. The fourth-order valence-electron chi connectivity index (χ4n) is 3.32. The molecule has 2 rings (SSSR count). The maximum atomic E-state index is 12.5. The molecule has 0 radical (unpaired) electrons. The zero-order valence-corrected chi connectivity index (χ0v) is 17.9. The fraction of sp³-hybridized carbons (Fsp3) is 0.500. The van der Waals surface area contributed by atoms with E-state index in [4.69, 9.17) is 5.11 Å². The van der Waals surface area contributed by atoms with Crippen LogP contribution in [0.15, 0.2) is 41.8 Å². The molecule has 0 bridgehead atoms. The van der Waals surface area contributed by atoms with Gasteiger partial charge in [-0.05, 0) is 45.0 Å². The van der Waals surface area contributed by atoms with Gasteiger partial charge in [0, 0.05) is 23.2 Å². The lowest BCUT2D eigenvalue weighted by Gasteiger charge is -2.25. The Kier molecular flexibility index (Phi) is 11.2. The van der Waals surface area contributed by atoms with Crippen molar-refractivity contribution in [3.63, 3.8) is 0 Å². The van der Waals surface area contributed by atoms with Gasteiger partial charge in [0.25, 0.3) is 0 Å². The first kappa shape index (κ1) is 24.5. The van der Waals surface area contributed by atoms with Gasteiger partial charge in [-0.15, -0.1) is 30.7 Å². The lowest BCUT2D eigenvalue weighted by molar-refractivity contribution is -0.138. The van der Waals surface area contributed by atoms with E-state index in [1.807, 2.05) is 42.3 Å². The average Bonchev–Trinajstić information content (AvgIpc) is 2.86. The third-order valence-electron chi connectivity index (χ3n) is 4.68. The maximum Gasteiger partial charge on any atom is 0.317 e. The molecule has 1 aromatic rings. The Morgan fingerprint density at radius 2 is 2.11 bits per heavy atom. The molecule has 8 heteroatoms. The van der Waals surface area contributed by atoms with Crippen LogP contribution in [0.1, 0.15) is 19.3 Å². The van der Waals surface area contributed by atoms with E-state index in [9.17, 15) is 9.59 Å². The van der Waals surface area contributed by atoms with E-state index < -0.39 is 5.97 Å². The van der Waals surface area contributed by atoms with E-state index in [1.165, 1.54) is 0 Å². The van der Waals surface area contributed by atoms with Crippen LogP contribution in [0.25, 0.3) is 0 Å². The number of aliphatic carboxylic acids is 1. The molecule has 1 aliphatic heterocycles. The van der Waals surface area contributed by atoms with Crippen LogP contribution in [0.4, 0.5) is 5.69 Å². The van der Waals surface area contributed by atoms with Gasteiger partial charge in [-0.2, -0.15) is 0 Å². The number of anilines is 1. The van der Waals surface area contributed by atoms with E-state index in [-0.39, 0.29) is 30.9 Å². The molecule has 0 spiro atoms. The van der Waals surface area contributed by atoms with Crippen molar-refractivity contribution in [3.8, 4) is 0 Å². The molecule has 0 saturated carbocycles. The van der Waals surface area contributed by atoms with Crippen molar-refractivity contribution in [3.05, 3.63) is 36.9 Å². The first-order chi connectivity index (χ1) is 13.0. The van der Waals surface area contributed by atoms with Crippen molar-refractivity contribution < 1.29 is 14.7 Å². The number of carboxylic acids is 1. The minimum absolute atomic E-state index is 0. The quantitative estimate of drug-likeness (QED) is 0.465. The summed E-state index contributed by atoms with van der Waals surface area (Å²) in [6, 6.07) is 8.05. The summed E-state index contributed by atoms with van der Waals surface area (Å²) < 4.78 is 0. The summed E-state index contributed by atoms with van der Waals surface area (Å²) in [6.07, 6.45) is 4.65. The van der Waals surface area contributed by atoms with Gasteiger partial charge in [0.15, 0.2) is 0 Å². The van der Waals surface area contributed by atoms with Gasteiger partial charge < -0.3 is 10.4 Å². The highest BCUT2D eigenvalue weighted by Gasteiger charge is 2.22. The van der Waals surface area contributed by atoms with Crippen molar-refractivity contribution in [2.45, 2.75) is 30.2 Å². The van der Waals surface area contributed by atoms with Crippen LogP contribution >= 0.6 is 24.2 Å². The minimum atomic E-state index is -0.800. The van der Waals surface area contributed by atoms with Crippen LogP contribution in [-0.4, -0.2) is 71.8 Å². The normalized spacial score (nSPS) is 17.4. The number of nitrogens with zero attached hydrogens (tertiary/aromatic N) is 2. The molecular weight excluding hydrogens is 398 g/mol. The van der Waals surface area contributed by atoms with Gasteiger partial charge in [-0.3, -0.25) is 19.4 Å². The smallest absolute Gasteiger partial charge is 0.317 e. The van der Waals surface area contributed by atoms with Gasteiger partial charge in [0.05, 0.1) is 18.8 Å². The molecule has 6 nitrogen and oxygen atoms in total. The summed E-state index contributed by atoms with van der Waals surface area (Å²) in [5, 5.41) is 12.0. The van der Waals surface area contributed by atoms with E-state index in [1.54, 1.807) is 11.8 Å². The van der Waals surface area contributed by atoms with Crippen molar-refractivity contribution in [1.82, 2.24) is 9.80 Å². The summed E-state index contributed by atoms with van der Waals surface area (Å²) in [5.74, 6) is -0.0190. The number of rotatable bonds is 9. The number of para-hydroxylation sites is 1. The minimum Gasteiger partial charge on any atom is -0.480 e. The summed E-state index contributed by atoms with van der Waals surface area (Å²) in [6.45, 7) is 5.81. The number of amides is 1. The summed E-state index contributed by atoms with van der Waals surface area (Å²) in [4.78, 5) is 28.5. The molecule has 1 atom stereocenters. The number of benzene rings is 1. The standard InChI is InChI=1S/C20H29N3O3S.ClH/c1-3-13-27-18-9-5-4-8-17(18)21-19(24)14-23-11-6-7-16(10-12-23)22(2)15-20(25)26;/h3-5,8-9,16H,1,6-7,10-15H2,2H3,(H,21,24)(H,25,26);1H. The van der Waals surface area contributed by atoms with Gasteiger partial charge >= 0.3 is 5.97 Å². The Balaban J connectivity index is 0.00000392. The van der Waals surface area contributed by atoms with Crippen LogP contribution in [-0.2, 0) is 9.59 Å². The third-order valence-corrected chi connectivity index (χ3v) is 5.75. The van der Waals surface area contributed by atoms with Crippen LogP contribution < -0.4 is 5.32 Å². The Bertz CT molecular complexity index is 659. The number of likely N-dealkylation sites (tertiary alicyclic amines) is 1. The maximum absolute atomic E-state index is 12.5. The predicted molar refractivity (Wildman–Crippen MR) is 118 cm³/mol. The first-order valence-electron chi connectivity index (χ1n) is 9.26. The van der Waals surface area contributed by atoms with Crippen molar-refractivity contribution in [2.24, 2.45) is 0 Å². The van der Waals surface area contributed by atoms with Gasteiger partial charge in [0.1, 0.15) is 0 Å². The highest BCUT2D eigenvalue weighted by molar-refractivity contribution is 7.99. The van der Waals surface area contributed by atoms with Gasteiger partial charge in [-0.1, -0.05) is 18.2 Å². The molecule has 0 aromatic heterocycles. The van der Waals surface area contributed by atoms with E-state index in [0.717, 1.165) is 48.7 Å². The third kappa shape index (κ3) is 8.22. The number of hydrogen-bond acceptors (Lipinski definition) is 5. The molecule has 1 aliphatic rings. The highest BCUT2D eigenvalue weighted by atomic mass is 35.5. The molecule has 1 aromatic carbocycles. The van der Waals surface area contributed by atoms with E-state index in [0.29, 0.717) is 6.54 Å². The molecule has 1 unspecified atom stereocenters. The van der Waals surface area contributed by atoms with E-state index in [2.05, 4.69) is 16.8 Å². The second-order valence-electron chi connectivity index (χ2n) is 6.81. The number of hydrogen-bond donors (Lipinski definition) is 2. The van der Waals surface area contributed by atoms with Crippen LogP contribution in [0.3, 0.4) is 0 Å². The summed E-state index contributed by atoms with van der Waals surface area (Å²) in [7, 11) is 1.86. The second-order valence-corrected chi connectivity index (χ2v) is 7.88. The molecule has 1 amide bonds. The number of halogens is 1. The van der Waals surface area contributed by atoms with Gasteiger partial charge in [-0.25, -0.2) is 0 Å². The molecule has 28 heavy (non-hydrogen) atoms. The molecule has 0 aliphatic carbocycles. The number of carbonyl (C=O) groups is 2. The highest BCUT2D eigenvalue weighted by Crippen LogP contribution is 2.27. The number of thioether (sulfide) groups is 1. The van der Waals surface area contributed by atoms with Crippen LogP contribution in [0.5, 0.6) is 0 Å². The number of carbonyl (C=O) groups excluding carboxylic acids is 1. The van der Waals surface area contributed by atoms with Crippen molar-refractivity contribution in [2.75, 3.05) is 44.3 Å². The Morgan fingerprint density at radius 3 is 2.82 bits per heavy atom. The zero-order valence-electron chi connectivity index (χ0n) is 16.3. The van der Waals surface area contributed by atoms with Gasteiger partial charge in [0.2, 0.25) is 5.91 Å². The predicted octanol–water partition coefficient (Wildman–Crippen LogP) is 3.20. The average molecular weight is 428 g/mol. The summed E-state index contributed by atoms with van der Waals surface area (Å²) >= 11 is 1.65. The molecule has 2 N–H and O–H groups in total. The molecule has 1 saturated heterocycles. The Hall–Kier alpha value is -1.54. The second kappa shape index (κ2) is 12.8. The van der Waals surface area contributed by atoms with Crippen LogP contribution in [0, 0.1) is 0 Å². The number of carboxylic acid groups (broad SMARTS) is 1. The van der Waals surface area contributed by atoms with Crippen molar-refractivity contribution >= 4 is 41.7 Å². The van der Waals surface area contributed by atoms with Crippen molar-refractivity contribution in [1.29, 1.82) is 0 Å². The molecular formula is C20H30ClN3O3S. The molecule has 156 valence electrons. The van der Waals surface area contributed by atoms with E-state index >= 15 is 0 Å². The lowest BCUT2D eigenvalue weighted by Crippen LogP contribution is -2.37. The first-order valence-corrected chi connectivity index (χ1v) is 10.2. The molecule has 1 heterocycles. The Morgan fingerprint density at radius 1 is 1.36 bits per heavy atom. The monoisotopic (exact) mass is 427 g/mol. The number of nitrogens with one attached hydrogen (secondary N) is 1. The Labute approximate surface area is 177 Å². The topological polar surface area (TPSA) is 72.9 Å². The lowest BCUT2D eigenvalue weighted by atomic mass is 10.1. The number of likely N-dealkylation sites (N-methyl/N-ethyl adjacent to an activating group) is 1.